The van der Waals surface area contributed by atoms with Gasteiger partial charge in [0.2, 0.25) is 0 Å². The summed E-state index contributed by atoms with van der Waals surface area (Å²) >= 11 is 0. The average Bonchev–Trinajstić information content (AvgIpc) is 3.47. The van der Waals surface area contributed by atoms with Gasteiger partial charge in [0.05, 0.1) is 0 Å². The standard InChI is InChI=1S/C44H61Si.3ClH.Ti/c1-27(2)34-18-35(28(3)4)22-40(21-34)45(44-17-15-16-43(44)33(13)14,41-23-36(29(5)6)19-37(24-41)30(7)8)42-25-38(31(9)10)20-39(26-42)32(11)12;;;;/h15-33H,1-14H3;3*1H;/q-1;;;;+4/p-3. The zero-order valence-electron chi connectivity index (χ0n) is 32.6. The predicted octanol–water partition coefficient (Wildman–Crippen LogP) is 1.66. The van der Waals surface area contributed by atoms with Crippen LogP contribution in [0.1, 0.15) is 177 Å². The molecule has 4 aromatic rings. The van der Waals surface area contributed by atoms with Gasteiger partial charge in [0.25, 0.3) is 0 Å². The minimum Gasteiger partial charge on any atom is -1.00 e. The molecule has 0 atom stereocenters. The Morgan fingerprint density at radius 2 is 0.633 bits per heavy atom. The number of benzene rings is 3. The van der Waals surface area contributed by atoms with Crippen LogP contribution < -0.4 is 58.0 Å². The van der Waals surface area contributed by atoms with E-state index in [0.29, 0.717) is 41.4 Å². The molecule has 5 heteroatoms. The van der Waals surface area contributed by atoms with Gasteiger partial charge in [-0.15, -0.1) is 5.19 Å². The Hall–Kier alpha value is -1.19. The zero-order valence-corrected chi connectivity index (χ0v) is 37.4. The molecular formula is C44H61Cl3SiTi. The summed E-state index contributed by atoms with van der Waals surface area (Å²) in [5.41, 5.74) is 10.2. The van der Waals surface area contributed by atoms with Crippen molar-refractivity contribution in [3.8, 4) is 0 Å². The average molecular weight is 772 g/mol. The van der Waals surface area contributed by atoms with E-state index in [-0.39, 0.29) is 58.9 Å². The first-order valence-corrected chi connectivity index (χ1v) is 19.8. The topological polar surface area (TPSA) is 0 Å². The zero-order chi connectivity index (χ0) is 33.4. The molecule has 0 aliphatic heterocycles. The SMILES string of the molecule is CC(C)c1cc(C(C)C)cc([Si](c2cc(C(C)C)cc(C(C)C)c2)(c2cc(C(C)C)cc(C(C)C)c2)[c-]2cccc2C(C)C)c1.[Cl-].[Cl-].[Cl-].[Ti+4]. The number of rotatable bonds is 11. The van der Waals surface area contributed by atoms with Gasteiger partial charge in [-0.25, -0.2) is 12.1 Å². The molecule has 0 bridgehead atoms. The van der Waals surface area contributed by atoms with Crippen molar-refractivity contribution >= 4 is 28.8 Å². The molecule has 0 aromatic heterocycles. The van der Waals surface area contributed by atoms with Crippen LogP contribution in [-0.4, -0.2) is 8.07 Å². The number of hydrogen-bond donors (Lipinski definition) is 0. The molecule has 4 aromatic carbocycles. The van der Waals surface area contributed by atoms with E-state index in [1.807, 2.05) is 0 Å². The van der Waals surface area contributed by atoms with Gasteiger partial charge in [0.15, 0.2) is 0 Å². The van der Waals surface area contributed by atoms with Crippen LogP contribution in [0.4, 0.5) is 0 Å². The first kappa shape index (κ1) is 47.8. The molecule has 0 heterocycles. The first-order valence-electron chi connectivity index (χ1n) is 17.8. The van der Waals surface area contributed by atoms with Crippen LogP contribution in [0.2, 0.25) is 0 Å². The molecule has 49 heavy (non-hydrogen) atoms. The third-order valence-corrected chi connectivity index (χ3v) is 14.8. The van der Waals surface area contributed by atoms with Crippen LogP contribution in [0.5, 0.6) is 0 Å². The van der Waals surface area contributed by atoms with E-state index >= 15 is 0 Å². The van der Waals surface area contributed by atoms with Crippen molar-refractivity contribution in [2.24, 2.45) is 0 Å². The summed E-state index contributed by atoms with van der Waals surface area (Å²) in [7, 11) is -2.82. The molecule has 0 nitrogen and oxygen atoms in total. The van der Waals surface area contributed by atoms with E-state index in [1.54, 1.807) is 5.19 Å². The fraction of sp³-hybridized carbons (Fsp3) is 0.477. The van der Waals surface area contributed by atoms with Crippen molar-refractivity contribution in [3.05, 3.63) is 112 Å². The summed E-state index contributed by atoms with van der Waals surface area (Å²) in [5, 5.41) is 6.18. The Morgan fingerprint density at radius 3 is 0.837 bits per heavy atom. The van der Waals surface area contributed by atoms with Crippen LogP contribution >= 0.6 is 0 Å². The minimum absolute atomic E-state index is 0. The van der Waals surface area contributed by atoms with E-state index in [1.165, 1.54) is 54.5 Å². The second-order valence-electron chi connectivity index (χ2n) is 15.9. The molecule has 0 unspecified atom stereocenters. The van der Waals surface area contributed by atoms with E-state index in [0.717, 1.165) is 0 Å². The third kappa shape index (κ3) is 10.0. The normalized spacial score (nSPS) is 11.7. The van der Waals surface area contributed by atoms with Gasteiger partial charge in [0, 0.05) is 0 Å². The Labute approximate surface area is 335 Å². The van der Waals surface area contributed by atoms with Gasteiger partial charge in [-0.1, -0.05) is 167 Å². The summed E-state index contributed by atoms with van der Waals surface area (Å²) < 4.78 is 0. The van der Waals surface area contributed by atoms with Gasteiger partial charge >= 0.3 is 21.7 Å². The van der Waals surface area contributed by atoms with E-state index in [2.05, 4.69) is 170 Å². The van der Waals surface area contributed by atoms with Crippen molar-refractivity contribution in [1.82, 2.24) is 0 Å². The van der Waals surface area contributed by atoms with E-state index in [9.17, 15) is 0 Å². The fourth-order valence-corrected chi connectivity index (χ4v) is 12.3. The molecule has 0 saturated heterocycles. The quantitative estimate of drug-likeness (QED) is 0.124. The van der Waals surface area contributed by atoms with Crippen molar-refractivity contribution in [1.29, 1.82) is 0 Å². The second kappa shape index (κ2) is 19.6. The Bertz CT molecular complexity index is 1380. The first-order chi connectivity index (χ1) is 21.1. The van der Waals surface area contributed by atoms with Gasteiger partial charge in [0.1, 0.15) is 8.07 Å². The third-order valence-electron chi connectivity index (χ3n) is 10.1. The monoisotopic (exact) mass is 770 g/mol. The molecule has 4 rings (SSSR count). The maximum absolute atomic E-state index is 2.82. The van der Waals surface area contributed by atoms with Crippen molar-refractivity contribution in [2.45, 2.75) is 138 Å². The van der Waals surface area contributed by atoms with Crippen molar-refractivity contribution < 1.29 is 58.9 Å². The van der Waals surface area contributed by atoms with Gasteiger partial charge in [-0.05, 0) is 74.8 Å². The molecule has 0 amide bonds. The van der Waals surface area contributed by atoms with Crippen LogP contribution in [0.3, 0.4) is 0 Å². The van der Waals surface area contributed by atoms with Crippen LogP contribution in [-0.2, 0) is 21.7 Å². The molecular weight excluding hydrogens is 711 g/mol. The van der Waals surface area contributed by atoms with Gasteiger partial charge in [-0.3, -0.25) is 0 Å². The molecule has 0 aliphatic carbocycles. The number of halogens is 3. The maximum Gasteiger partial charge on any atom is 4.00 e. The van der Waals surface area contributed by atoms with Crippen LogP contribution in [0.25, 0.3) is 0 Å². The summed E-state index contributed by atoms with van der Waals surface area (Å²) in [6.07, 6.45) is 0. The van der Waals surface area contributed by atoms with Crippen LogP contribution in [0.15, 0.2) is 72.8 Å². The molecule has 0 radical (unpaired) electrons. The maximum atomic E-state index is 2.62. The fourth-order valence-electron chi connectivity index (χ4n) is 6.92. The molecule has 0 spiro atoms. The smallest absolute Gasteiger partial charge is 1.00 e. The Balaban J connectivity index is 0.00000576. The van der Waals surface area contributed by atoms with Crippen LogP contribution in [0, 0.1) is 0 Å². The summed E-state index contributed by atoms with van der Waals surface area (Å²) in [4.78, 5) is 0. The largest absolute Gasteiger partial charge is 4.00 e. The summed E-state index contributed by atoms with van der Waals surface area (Å²) in [5.74, 6) is 3.19. The molecule has 0 fully saturated rings. The molecule has 0 aliphatic rings. The van der Waals surface area contributed by atoms with Gasteiger partial charge in [-0.2, -0.15) is 11.6 Å². The minimum atomic E-state index is -2.82. The number of hydrogen-bond acceptors (Lipinski definition) is 0. The molecule has 0 saturated carbocycles. The van der Waals surface area contributed by atoms with Crippen molar-refractivity contribution in [3.63, 3.8) is 0 Å². The molecule has 0 N–H and O–H groups in total. The van der Waals surface area contributed by atoms with Gasteiger partial charge < -0.3 is 37.2 Å². The summed E-state index contributed by atoms with van der Waals surface area (Å²) in [6, 6.07) is 30.4. The van der Waals surface area contributed by atoms with E-state index < -0.39 is 8.07 Å². The Morgan fingerprint density at radius 1 is 0.388 bits per heavy atom. The molecule has 266 valence electrons. The Kier molecular flexibility index (Phi) is 19.1. The second-order valence-corrected chi connectivity index (χ2v) is 19.7. The van der Waals surface area contributed by atoms with Crippen molar-refractivity contribution in [2.75, 3.05) is 0 Å². The van der Waals surface area contributed by atoms with E-state index in [4.69, 9.17) is 0 Å². The predicted molar refractivity (Wildman–Crippen MR) is 204 cm³/mol. The summed E-state index contributed by atoms with van der Waals surface area (Å²) in [6.45, 7) is 33.1.